The molecule has 1 N–H and O–H groups in total. The standard InChI is InChI=1S/C21H25N3O4S2/c1-15-22-18-6-4-5-7-20(18)24(15)14-16-8-10-17(11-9-16)30(26,27)23-19(12-13-29-3)21(25)28-2/h4-11,19,23H,12-14H2,1-3H3/t19-/m0/s1. The molecule has 160 valence electrons. The summed E-state index contributed by atoms with van der Waals surface area (Å²) in [5, 5.41) is 0. The molecule has 0 aliphatic rings. The van der Waals surface area contributed by atoms with Crippen LogP contribution in [0, 0.1) is 6.92 Å². The molecular weight excluding hydrogens is 422 g/mol. The number of fused-ring (bicyclic) bond motifs is 1. The summed E-state index contributed by atoms with van der Waals surface area (Å²) < 4.78 is 34.8. The number of carbonyl (C=O) groups is 1. The number of ether oxygens (including phenoxy) is 1. The fraction of sp³-hybridized carbons (Fsp3) is 0.333. The lowest BCUT2D eigenvalue weighted by atomic mass is 10.2. The van der Waals surface area contributed by atoms with E-state index in [0.29, 0.717) is 18.7 Å². The number of sulfonamides is 1. The third-order valence-corrected chi connectivity index (χ3v) is 6.95. The number of hydrogen-bond donors (Lipinski definition) is 1. The van der Waals surface area contributed by atoms with Crippen LogP contribution in [0.15, 0.2) is 53.4 Å². The molecule has 0 unspecified atom stereocenters. The molecule has 0 bridgehead atoms. The lowest BCUT2D eigenvalue weighted by Crippen LogP contribution is -2.41. The van der Waals surface area contributed by atoms with Crippen molar-refractivity contribution in [3.63, 3.8) is 0 Å². The zero-order chi connectivity index (χ0) is 21.7. The van der Waals surface area contributed by atoms with Crippen molar-refractivity contribution in [2.75, 3.05) is 19.1 Å². The molecule has 30 heavy (non-hydrogen) atoms. The predicted molar refractivity (Wildman–Crippen MR) is 119 cm³/mol. The fourth-order valence-electron chi connectivity index (χ4n) is 3.21. The molecule has 7 nitrogen and oxygen atoms in total. The fourth-order valence-corrected chi connectivity index (χ4v) is 4.90. The summed E-state index contributed by atoms with van der Waals surface area (Å²) in [4.78, 5) is 16.6. The molecule has 3 rings (SSSR count). The maximum Gasteiger partial charge on any atom is 0.323 e. The van der Waals surface area contributed by atoms with Crippen molar-refractivity contribution in [1.29, 1.82) is 0 Å². The van der Waals surface area contributed by atoms with Gasteiger partial charge in [-0.05, 0) is 55.2 Å². The topological polar surface area (TPSA) is 90.3 Å². The normalized spacial score (nSPS) is 12.8. The Morgan fingerprint density at radius 2 is 1.90 bits per heavy atom. The molecule has 9 heteroatoms. The van der Waals surface area contributed by atoms with Crippen LogP contribution < -0.4 is 4.72 Å². The lowest BCUT2D eigenvalue weighted by Gasteiger charge is -2.16. The Bertz CT molecular complexity index is 1120. The summed E-state index contributed by atoms with van der Waals surface area (Å²) in [6, 6.07) is 13.6. The van der Waals surface area contributed by atoms with Crippen molar-refractivity contribution in [2.45, 2.75) is 30.8 Å². The maximum atomic E-state index is 12.7. The number of rotatable bonds is 9. The van der Waals surface area contributed by atoms with Gasteiger partial charge in [0.1, 0.15) is 11.9 Å². The van der Waals surface area contributed by atoms with Gasteiger partial charge in [0.25, 0.3) is 0 Å². The van der Waals surface area contributed by atoms with Gasteiger partial charge in [-0.3, -0.25) is 4.79 Å². The zero-order valence-corrected chi connectivity index (χ0v) is 18.8. The number of methoxy groups -OCH3 is 1. The minimum absolute atomic E-state index is 0.108. The molecule has 0 saturated carbocycles. The van der Waals surface area contributed by atoms with E-state index >= 15 is 0 Å². The number of hydrogen-bond acceptors (Lipinski definition) is 6. The first-order chi connectivity index (χ1) is 14.4. The Balaban J connectivity index is 1.78. The van der Waals surface area contributed by atoms with E-state index in [1.54, 1.807) is 24.3 Å². The number of imidazole rings is 1. The quantitative estimate of drug-likeness (QED) is 0.507. The van der Waals surface area contributed by atoms with E-state index in [0.717, 1.165) is 22.4 Å². The number of carbonyl (C=O) groups excluding carboxylic acids is 1. The van der Waals surface area contributed by atoms with Gasteiger partial charge in [0.2, 0.25) is 10.0 Å². The molecule has 1 atom stereocenters. The van der Waals surface area contributed by atoms with Crippen molar-refractivity contribution >= 4 is 38.8 Å². The summed E-state index contributed by atoms with van der Waals surface area (Å²) in [5.41, 5.74) is 2.91. The molecular formula is C21H25N3O4S2. The average molecular weight is 448 g/mol. The highest BCUT2D eigenvalue weighted by Gasteiger charge is 2.26. The van der Waals surface area contributed by atoms with Crippen LogP contribution in [0.25, 0.3) is 11.0 Å². The Morgan fingerprint density at radius 3 is 2.57 bits per heavy atom. The first kappa shape index (κ1) is 22.3. The highest BCUT2D eigenvalue weighted by Crippen LogP contribution is 2.19. The largest absolute Gasteiger partial charge is 0.468 e. The highest BCUT2D eigenvalue weighted by molar-refractivity contribution is 7.98. The lowest BCUT2D eigenvalue weighted by molar-refractivity contribution is -0.142. The number of aryl methyl sites for hydroxylation is 1. The second kappa shape index (κ2) is 9.63. The molecule has 0 saturated heterocycles. The minimum Gasteiger partial charge on any atom is -0.468 e. The number of nitrogens with one attached hydrogen (secondary N) is 1. The Hall–Kier alpha value is -2.36. The van der Waals surface area contributed by atoms with Gasteiger partial charge in [-0.2, -0.15) is 16.5 Å². The van der Waals surface area contributed by atoms with E-state index in [-0.39, 0.29) is 4.90 Å². The van der Waals surface area contributed by atoms with Gasteiger partial charge in [0.15, 0.2) is 0 Å². The van der Waals surface area contributed by atoms with Gasteiger partial charge in [-0.15, -0.1) is 0 Å². The SMILES string of the molecule is COC(=O)[C@H](CCSC)NS(=O)(=O)c1ccc(Cn2c(C)nc3ccccc32)cc1. The molecule has 0 aliphatic heterocycles. The first-order valence-corrected chi connectivity index (χ1v) is 12.3. The van der Waals surface area contributed by atoms with Gasteiger partial charge in [-0.25, -0.2) is 13.4 Å². The smallest absolute Gasteiger partial charge is 0.323 e. The number of nitrogens with zero attached hydrogens (tertiary/aromatic N) is 2. The third kappa shape index (κ3) is 5.03. The van der Waals surface area contributed by atoms with Gasteiger partial charge in [0, 0.05) is 6.54 Å². The van der Waals surface area contributed by atoms with Crippen LogP contribution in [0.3, 0.4) is 0 Å². The van der Waals surface area contributed by atoms with Gasteiger partial charge in [0.05, 0.1) is 23.0 Å². The molecule has 0 radical (unpaired) electrons. The van der Waals surface area contributed by atoms with E-state index in [1.807, 2.05) is 37.4 Å². The van der Waals surface area contributed by atoms with Crippen molar-refractivity contribution < 1.29 is 17.9 Å². The van der Waals surface area contributed by atoms with Gasteiger partial charge in [-0.1, -0.05) is 24.3 Å². The van der Waals surface area contributed by atoms with Crippen LogP contribution in [0.1, 0.15) is 17.8 Å². The summed E-state index contributed by atoms with van der Waals surface area (Å²) in [7, 11) is -2.60. The summed E-state index contributed by atoms with van der Waals surface area (Å²) in [6.45, 7) is 2.53. The van der Waals surface area contributed by atoms with Crippen LogP contribution >= 0.6 is 11.8 Å². The van der Waals surface area contributed by atoms with Crippen LogP contribution in [0.4, 0.5) is 0 Å². The number of thioether (sulfide) groups is 1. The monoisotopic (exact) mass is 447 g/mol. The molecule has 0 spiro atoms. The van der Waals surface area contributed by atoms with Crippen LogP contribution in [0.5, 0.6) is 0 Å². The average Bonchev–Trinajstić information content (AvgIpc) is 3.06. The maximum absolute atomic E-state index is 12.7. The van der Waals surface area contributed by atoms with Crippen molar-refractivity contribution in [2.24, 2.45) is 0 Å². The number of aromatic nitrogens is 2. The summed E-state index contributed by atoms with van der Waals surface area (Å²) in [6.07, 6.45) is 2.25. The highest BCUT2D eigenvalue weighted by atomic mass is 32.2. The zero-order valence-electron chi connectivity index (χ0n) is 17.2. The van der Waals surface area contributed by atoms with E-state index in [2.05, 4.69) is 14.3 Å². The van der Waals surface area contributed by atoms with Gasteiger partial charge >= 0.3 is 5.97 Å². The number of esters is 1. The molecule has 3 aromatic rings. The third-order valence-electron chi connectivity index (χ3n) is 4.81. The van der Waals surface area contributed by atoms with Crippen molar-refractivity contribution in [3.8, 4) is 0 Å². The molecule has 2 aromatic carbocycles. The second-order valence-electron chi connectivity index (χ2n) is 6.86. The Kier molecular flexibility index (Phi) is 7.17. The molecule has 1 aromatic heterocycles. The van der Waals surface area contributed by atoms with E-state index in [9.17, 15) is 13.2 Å². The summed E-state index contributed by atoms with van der Waals surface area (Å²) >= 11 is 1.54. The molecule has 0 amide bonds. The van der Waals surface area contributed by atoms with E-state index in [4.69, 9.17) is 4.74 Å². The summed E-state index contributed by atoms with van der Waals surface area (Å²) in [5.74, 6) is 0.940. The number of benzene rings is 2. The van der Waals surface area contributed by atoms with Crippen molar-refractivity contribution in [1.82, 2.24) is 14.3 Å². The van der Waals surface area contributed by atoms with E-state index in [1.165, 1.54) is 18.9 Å². The molecule has 0 aliphatic carbocycles. The van der Waals surface area contributed by atoms with Crippen LogP contribution in [-0.4, -0.2) is 49.1 Å². The predicted octanol–water partition coefficient (Wildman–Crippen LogP) is 2.97. The second-order valence-corrected chi connectivity index (χ2v) is 9.56. The van der Waals surface area contributed by atoms with E-state index < -0.39 is 22.0 Å². The van der Waals surface area contributed by atoms with Crippen LogP contribution in [-0.2, 0) is 26.1 Å². The van der Waals surface area contributed by atoms with Crippen LogP contribution in [0.2, 0.25) is 0 Å². The first-order valence-electron chi connectivity index (χ1n) is 9.45. The molecule has 1 heterocycles. The van der Waals surface area contributed by atoms with Crippen molar-refractivity contribution in [3.05, 3.63) is 59.9 Å². The Labute approximate surface area is 180 Å². The Morgan fingerprint density at radius 1 is 1.20 bits per heavy atom. The minimum atomic E-state index is -3.85. The molecule has 0 fully saturated rings. The number of para-hydroxylation sites is 2. The van der Waals surface area contributed by atoms with Gasteiger partial charge < -0.3 is 9.30 Å².